The fraction of sp³-hybridized carbons (Fsp3) is 0.562. The number of rotatable bonds is 10. The van der Waals surface area contributed by atoms with Crippen LogP contribution in [0.4, 0.5) is 5.69 Å². The summed E-state index contributed by atoms with van der Waals surface area (Å²) in [6, 6.07) is 8.24. The van der Waals surface area contributed by atoms with Crippen molar-refractivity contribution in [3.05, 3.63) is 29.8 Å². The number of nitrogens with one attached hydrogen (secondary N) is 2. The lowest BCUT2D eigenvalue weighted by molar-refractivity contribution is -0.119. The number of carbonyl (C=O) groups excluding carboxylic acids is 1. The van der Waals surface area contributed by atoms with Gasteiger partial charge in [0.2, 0.25) is 5.91 Å². The molecule has 0 spiro atoms. The Hall–Kier alpha value is -1.59. The van der Waals surface area contributed by atoms with Gasteiger partial charge >= 0.3 is 0 Å². The van der Waals surface area contributed by atoms with E-state index in [4.69, 9.17) is 4.74 Å². The topological polar surface area (TPSA) is 53.6 Å². The number of likely N-dealkylation sites (N-methyl/N-ethyl adjacent to an activating group) is 1. The molecule has 0 atom stereocenters. The van der Waals surface area contributed by atoms with E-state index in [-0.39, 0.29) is 5.91 Å². The number of anilines is 1. The van der Waals surface area contributed by atoms with Crippen molar-refractivity contribution in [2.24, 2.45) is 0 Å². The predicted molar refractivity (Wildman–Crippen MR) is 86.6 cm³/mol. The molecule has 0 bridgehead atoms. The van der Waals surface area contributed by atoms with Crippen LogP contribution in [-0.4, -0.2) is 46.3 Å². The first-order chi connectivity index (χ1) is 10.2. The van der Waals surface area contributed by atoms with Gasteiger partial charge in [-0.1, -0.05) is 19.1 Å². The summed E-state index contributed by atoms with van der Waals surface area (Å²) in [5, 5.41) is 6.19. The van der Waals surface area contributed by atoms with Gasteiger partial charge in [0.1, 0.15) is 0 Å². The molecule has 0 fully saturated rings. The summed E-state index contributed by atoms with van der Waals surface area (Å²) in [6.45, 7) is 5.54. The summed E-state index contributed by atoms with van der Waals surface area (Å²) in [7, 11) is 3.63. The van der Waals surface area contributed by atoms with Gasteiger partial charge in [-0.3, -0.25) is 4.79 Å². The number of methoxy groups -OCH3 is 1. The minimum atomic E-state index is 0.0599. The summed E-state index contributed by atoms with van der Waals surface area (Å²) in [5.74, 6) is 0.0599. The van der Waals surface area contributed by atoms with Crippen LogP contribution in [0, 0.1) is 0 Å². The molecular formula is C16H27N3O2. The highest BCUT2D eigenvalue weighted by Gasteiger charge is 2.06. The van der Waals surface area contributed by atoms with Gasteiger partial charge in [-0.15, -0.1) is 0 Å². The third-order valence-corrected chi connectivity index (χ3v) is 3.14. The molecule has 2 N–H and O–H groups in total. The second kappa shape index (κ2) is 10.2. The highest BCUT2D eigenvalue weighted by Crippen LogP contribution is 2.13. The third-order valence-electron chi connectivity index (χ3n) is 3.14. The first-order valence-electron chi connectivity index (χ1n) is 7.43. The maximum absolute atomic E-state index is 11.7. The van der Waals surface area contributed by atoms with Crippen LogP contribution in [0.1, 0.15) is 18.9 Å². The molecule has 1 rings (SSSR count). The van der Waals surface area contributed by atoms with E-state index < -0.39 is 0 Å². The van der Waals surface area contributed by atoms with Crippen LogP contribution in [0.3, 0.4) is 0 Å². The molecule has 0 saturated carbocycles. The second-order valence-corrected chi connectivity index (χ2v) is 5.04. The van der Waals surface area contributed by atoms with Crippen molar-refractivity contribution in [1.82, 2.24) is 10.6 Å². The number of amides is 1. The minimum absolute atomic E-state index is 0.0599. The summed E-state index contributed by atoms with van der Waals surface area (Å²) in [5.41, 5.74) is 2.26. The number of nitrogens with zero attached hydrogens (tertiary/aromatic N) is 1. The van der Waals surface area contributed by atoms with Crippen molar-refractivity contribution in [3.63, 3.8) is 0 Å². The van der Waals surface area contributed by atoms with Crippen LogP contribution in [0.15, 0.2) is 24.3 Å². The lowest BCUT2D eigenvalue weighted by Gasteiger charge is -2.19. The van der Waals surface area contributed by atoms with E-state index in [1.807, 2.05) is 31.0 Å². The standard InChI is InChI=1S/C16H27N3O2/c1-4-9-18-16(20)13-19(2)15-7-5-14(6-8-15)12-17-10-11-21-3/h5-8,17H,4,9-13H2,1-3H3,(H,18,20). The highest BCUT2D eigenvalue weighted by atomic mass is 16.5. The molecule has 0 unspecified atom stereocenters. The van der Waals surface area contributed by atoms with Gasteiger partial charge in [-0.25, -0.2) is 0 Å². The molecule has 0 aliphatic carbocycles. The van der Waals surface area contributed by atoms with E-state index in [0.29, 0.717) is 13.2 Å². The van der Waals surface area contributed by atoms with E-state index >= 15 is 0 Å². The summed E-state index contributed by atoms with van der Waals surface area (Å²) >= 11 is 0. The van der Waals surface area contributed by atoms with Crippen molar-refractivity contribution in [3.8, 4) is 0 Å². The Morgan fingerprint density at radius 3 is 2.57 bits per heavy atom. The maximum atomic E-state index is 11.7. The lowest BCUT2D eigenvalue weighted by atomic mass is 10.2. The molecule has 5 heteroatoms. The quantitative estimate of drug-likeness (QED) is 0.640. The Morgan fingerprint density at radius 1 is 1.24 bits per heavy atom. The minimum Gasteiger partial charge on any atom is -0.383 e. The SMILES string of the molecule is CCCNC(=O)CN(C)c1ccc(CNCCOC)cc1. The van der Waals surface area contributed by atoms with E-state index in [9.17, 15) is 4.79 Å². The van der Waals surface area contributed by atoms with Crippen molar-refractivity contribution < 1.29 is 9.53 Å². The van der Waals surface area contributed by atoms with Crippen molar-refractivity contribution >= 4 is 11.6 Å². The number of carbonyl (C=O) groups is 1. The zero-order valence-corrected chi connectivity index (χ0v) is 13.3. The number of ether oxygens (including phenoxy) is 1. The molecule has 5 nitrogen and oxygen atoms in total. The van der Waals surface area contributed by atoms with Gasteiger partial charge in [-0.2, -0.15) is 0 Å². The molecule has 21 heavy (non-hydrogen) atoms. The first kappa shape index (κ1) is 17.5. The van der Waals surface area contributed by atoms with Crippen LogP contribution in [0.2, 0.25) is 0 Å². The molecule has 0 heterocycles. The Balaban J connectivity index is 2.39. The molecule has 0 radical (unpaired) electrons. The van der Waals surface area contributed by atoms with Gasteiger partial charge in [0.15, 0.2) is 0 Å². The molecule has 0 aromatic heterocycles. The largest absolute Gasteiger partial charge is 0.383 e. The van der Waals surface area contributed by atoms with Crippen molar-refractivity contribution in [1.29, 1.82) is 0 Å². The van der Waals surface area contributed by atoms with Crippen molar-refractivity contribution in [2.75, 3.05) is 45.3 Å². The predicted octanol–water partition coefficient (Wildman–Crippen LogP) is 1.39. The van der Waals surface area contributed by atoms with Gasteiger partial charge in [0, 0.05) is 39.5 Å². The summed E-state index contributed by atoms with van der Waals surface area (Å²) in [6.07, 6.45) is 0.959. The van der Waals surface area contributed by atoms with E-state index in [1.54, 1.807) is 7.11 Å². The molecular weight excluding hydrogens is 266 g/mol. The Kier molecular flexibility index (Phi) is 8.47. The van der Waals surface area contributed by atoms with Crippen molar-refractivity contribution in [2.45, 2.75) is 19.9 Å². The van der Waals surface area contributed by atoms with Crippen LogP contribution in [0.5, 0.6) is 0 Å². The van der Waals surface area contributed by atoms with Crippen LogP contribution in [0.25, 0.3) is 0 Å². The van der Waals surface area contributed by atoms with Crippen LogP contribution >= 0.6 is 0 Å². The zero-order valence-electron chi connectivity index (χ0n) is 13.3. The lowest BCUT2D eigenvalue weighted by Crippen LogP contribution is -2.35. The van der Waals surface area contributed by atoms with Crippen LogP contribution in [-0.2, 0) is 16.1 Å². The fourth-order valence-corrected chi connectivity index (χ4v) is 1.90. The molecule has 1 amide bonds. The Morgan fingerprint density at radius 2 is 1.95 bits per heavy atom. The molecule has 1 aromatic carbocycles. The van der Waals surface area contributed by atoms with Gasteiger partial charge < -0.3 is 20.3 Å². The molecule has 1 aromatic rings. The average molecular weight is 293 g/mol. The molecule has 0 aliphatic heterocycles. The van der Waals surface area contributed by atoms with E-state index in [0.717, 1.165) is 31.7 Å². The highest BCUT2D eigenvalue weighted by molar-refractivity contribution is 5.81. The monoisotopic (exact) mass is 293 g/mol. The average Bonchev–Trinajstić information content (AvgIpc) is 2.50. The van der Waals surface area contributed by atoms with Gasteiger partial charge in [-0.05, 0) is 24.1 Å². The molecule has 0 aliphatic rings. The van der Waals surface area contributed by atoms with E-state index in [1.165, 1.54) is 5.56 Å². The smallest absolute Gasteiger partial charge is 0.239 e. The number of hydrogen-bond donors (Lipinski definition) is 2. The Labute approximate surface area is 127 Å². The normalized spacial score (nSPS) is 10.4. The van der Waals surface area contributed by atoms with Gasteiger partial charge in [0.05, 0.1) is 13.2 Å². The number of benzene rings is 1. The van der Waals surface area contributed by atoms with E-state index in [2.05, 4.69) is 22.8 Å². The molecule has 0 saturated heterocycles. The third kappa shape index (κ3) is 7.11. The maximum Gasteiger partial charge on any atom is 0.239 e. The van der Waals surface area contributed by atoms with Crippen LogP contribution < -0.4 is 15.5 Å². The summed E-state index contributed by atoms with van der Waals surface area (Å²) < 4.78 is 4.99. The molecule has 118 valence electrons. The zero-order chi connectivity index (χ0) is 15.5. The van der Waals surface area contributed by atoms with Gasteiger partial charge in [0.25, 0.3) is 0 Å². The Bertz CT molecular complexity index is 406. The fourth-order valence-electron chi connectivity index (χ4n) is 1.90. The summed E-state index contributed by atoms with van der Waals surface area (Å²) in [4.78, 5) is 13.6. The number of hydrogen-bond acceptors (Lipinski definition) is 4. The second-order valence-electron chi connectivity index (χ2n) is 5.04. The first-order valence-corrected chi connectivity index (χ1v) is 7.43.